The molecule has 1 saturated heterocycles. The van der Waals surface area contributed by atoms with E-state index in [0.717, 1.165) is 18.1 Å². The average molecular weight is 556 g/mol. The molecular formula is C34H37NO2S2. The number of aromatic amines is 1. The maximum absolute atomic E-state index is 6.00. The average Bonchev–Trinajstić information content (AvgIpc) is 3.70. The van der Waals surface area contributed by atoms with Gasteiger partial charge in [-0.05, 0) is 72.0 Å². The molecule has 3 aromatic heterocycles. The minimum atomic E-state index is -0.247. The zero-order chi connectivity index (χ0) is 26.8. The third kappa shape index (κ3) is 6.07. The lowest BCUT2D eigenvalue weighted by Gasteiger charge is -2.34. The van der Waals surface area contributed by atoms with E-state index in [-0.39, 0.29) is 11.7 Å². The van der Waals surface area contributed by atoms with Crippen LogP contribution in [0, 0.1) is 5.41 Å². The molecule has 0 bridgehead atoms. The van der Waals surface area contributed by atoms with E-state index < -0.39 is 0 Å². The molecule has 5 heteroatoms. The Balaban J connectivity index is 1.15. The van der Waals surface area contributed by atoms with Crippen LogP contribution in [0.4, 0.5) is 0 Å². The van der Waals surface area contributed by atoms with Gasteiger partial charge in [-0.25, -0.2) is 0 Å². The number of hydrogen-bond donors (Lipinski definition) is 1. The second-order valence-corrected chi connectivity index (χ2v) is 13.7. The fourth-order valence-corrected chi connectivity index (χ4v) is 7.24. The van der Waals surface area contributed by atoms with E-state index in [1.807, 2.05) is 11.3 Å². The first-order valence-corrected chi connectivity index (χ1v) is 15.8. The summed E-state index contributed by atoms with van der Waals surface area (Å²) in [6.07, 6.45) is 6.15. The van der Waals surface area contributed by atoms with Gasteiger partial charge in [-0.3, -0.25) is 0 Å². The number of unbranched alkanes of at least 4 members (excludes halogenated alkanes) is 3. The molecule has 0 saturated carbocycles. The second-order valence-electron chi connectivity index (χ2n) is 11.5. The first-order valence-electron chi connectivity index (χ1n) is 14.1. The van der Waals surface area contributed by atoms with E-state index in [1.54, 1.807) is 11.3 Å². The van der Waals surface area contributed by atoms with Crippen LogP contribution in [0.25, 0.3) is 42.4 Å². The van der Waals surface area contributed by atoms with Crippen LogP contribution >= 0.6 is 22.7 Å². The molecule has 1 aliphatic heterocycles. The standard InChI is InChI=1S/C34H37NO2S2/c1-4-5-6-7-8-23-9-11-24(12-10-23)28-20-26-19-25(13-14-27(26)35-28)29-15-16-30(38-29)31-17-18-32(39-31)33-36-21-34(2,3)22-37-33/h9-20,33,35H,4-8,21-22H2,1-3H3. The summed E-state index contributed by atoms with van der Waals surface area (Å²) in [6, 6.07) is 26.9. The molecule has 0 aliphatic carbocycles. The maximum atomic E-state index is 6.00. The van der Waals surface area contributed by atoms with E-state index in [1.165, 1.54) is 80.0 Å². The summed E-state index contributed by atoms with van der Waals surface area (Å²) in [4.78, 5) is 8.58. The number of H-pyrrole nitrogens is 1. The Morgan fingerprint density at radius 1 is 0.769 bits per heavy atom. The number of hydrogen-bond acceptors (Lipinski definition) is 4. The van der Waals surface area contributed by atoms with E-state index in [2.05, 4.69) is 98.6 Å². The van der Waals surface area contributed by atoms with Crippen LogP contribution in [-0.4, -0.2) is 18.2 Å². The molecule has 1 fully saturated rings. The fourth-order valence-electron chi connectivity index (χ4n) is 5.14. The van der Waals surface area contributed by atoms with Gasteiger partial charge in [0.15, 0.2) is 6.29 Å². The first-order chi connectivity index (χ1) is 19.0. The van der Waals surface area contributed by atoms with Gasteiger partial charge >= 0.3 is 0 Å². The van der Waals surface area contributed by atoms with Crippen LogP contribution in [0.1, 0.15) is 63.2 Å². The number of aromatic nitrogens is 1. The van der Waals surface area contributed by atoms with Gasteiger partial charge in [0, 0.05) is 36.6 Å². The van der Waals surface area contributed by atoms with Gasteiger partial charge in [0.2, 0.25) is 0 Å². The Morgan fingerprint density at radius 3 is 2.28 bits per heavy atom. The molecule has 1 aliphatic rings. The van der Waals surface area contributed by atoms with Gasteiger partial charge in [0.05, 0.1) is 18.1 Å². The molecule has 202 valence electrons. The molecule has 1 N–H and O–H groups in total. The number of nitrogens with one attached hydrogen (secondary N) is 1. The molecule has 3 nitrogen and oxygen atoms in total. The van der Waals surface area contributed by atoms with Crippen LogP contribution in [0.15, 0.2) is 72.8 Å². The Hall–Kier alpha value is -2.70. The third-order valence-electron chi connectivity index (χ3n) is 7.45. The zero-order valence-electron chi connectivity index (χ0n) is 23.1. The first kappa shape index (κ1) is 26.5. The molecule has 0 spiro atoms. The topological polar surface area (TPSA) is 34.2 Å². The Morgan fingerprint density at radius 2 is 1.49 bits per heavy atom. The predicted octanol–water partition coefficient (Wildman–Crippen LogP) is 10.5. The van der Waals surface area contributed by atoms with Crippen LogP contribution in [0.3, 0.4) is 0 Å². The smallest absolute Gasteiger partial charge is 0.193 e. The van der Waals surface area contributed by atoms with Crippen LogP contribution in [-0.2, 0) is 15.9 Å². The van der Waals surface area contributed by atoms with E-state index in [9.17, 15) is 0 Å². The molecule has 39 heavy (non-hydrogen) atoms. The predicted molar refractivity (Wildman–Crippen MR) is 167 cm³/mol. The number of ether oxygens (including phenoxy) is 2. The molecule has 0 radical (unpaired) electrons. The van der Waals surface area contributed by atoms with E-state index >= 15 is 0 Å². The highest BCUT2D eigenvalue weighted by molar-refractivity contribution is 7.23. The summed E-state index contributed by atoms with van der Waals surface area (Å²) in [5.41, 5.74) is 6.36. The van der Waals surface area contributed by atoms with Gasteiger partial charge in [-0.2, -0.15) is 0 Å². The summed E-state index contributed by atoms with van der Waals surface area (Å²) in [5, 5.41) is 1.24. The molecule has 0 amide bonds. The van der Waals surface area contributed by atoms with Crippen molar-refractivity contribution in [1.29, 1.82) is 0 Å². The van der Waals surface area contributed by atoms with Gasteiger partial charge in [-0.1, -0.05) is 70.4 Å². The Kier molecular flexibility index (Phi) is 7.77. The summed E-state index contributed by atoms with van der Waals surface area (Å²) in [7, 11) is 0. The highest BCUT2D eigenvalue weighted by Crippen LogP contribution is 2.41. The van der Waals surface area contributed by atoms with Crippen molar-refractivity contribution in [3.05, 3.63) is 83.2 Å². The molecule has 4 heterocycles. The van der Waals surface area contributed by atoms with Gasteiger partial charge in [-0.15, -0.1) is 22.7 Å². The molecule has 0 unspecified atom stereocenters. The fraction of sp³-hybridized carbons (Fsp3) is 0.353. The molecular weight excluding hydrogens is 519 g/mol. The van der Waals surface area contributed by atoms with Crippen molar-refractivity contribution < 1.29 is 9.47 Å². The van der Waals surface area contributed by atoms with Gasteiger partial charge in [0.25, 0.3) is 0 Å². The molecule has 6 rings (SSSR count). The minimum absolute atomic E-state index is 0.0821. The summed E-state index contributed by atoms with van der Waals surface area (Å²) in [5.74, 6) is 0. The minimum Gasteiger partial charge on any atom is -0.355 e. The summed E-state index contributed by atoms with van der Waals surface area (Å²) >= 11 is 3.61. The second kappa shape index (κ2) is 11.4. The van der Waals surface area contributed by atoms with Crippen molar-refractivity contribution in [3.8, 4) is 31.5 Å². The maximum Gasteiger partial charge on any atom is 0.193 e. The Bertz CT molecular complexity index is 1530. The summed E-state index contributed by atoms with van der Waals surface area (Å²) in [6.45, 7) is 8.06. The van der Waals surface area contributed by atoms with Crippen molar-refractivity contribution in [2.75, 3.05) is 13.2 Å². The normalized spacial score (nSPS) is 15.8. The van der Waals surface area contributed by atoms with Crippen molar-refractivity contribution in [3.63, 3.8) is 0 Å². The molecule has 5 aromatic rings. The lowest BCUT2D eigenvalue weighted by Crippen LogP contribution is -2.33. The number of aryl methyl sites for hydroxylation is 1. The number of benzene rings is 2. The van der Waals surface area contributed by atoms with Gasteiger partial charge < -0.3 is 14.5 Å². The van der Waals surface area contributed by atoms with Crippen molar-refractivity contribution in [2.24, 2.45) is 5.41 Å². The van der Waals surface area contributed by atoms with Crippen molar-refractivity contribution >= 4 is 33.6 Å². The monoisotopic (exact) mass is 555 g/mol. The van der Waals surface area contributed by atoms with Crippen LogP contribution in [0.5, 0.6) is 0 Å². The highest BCUT2D eigenvalue weighted by atomic mass is 32.1. The van der Waals surface area contributed by atoms with Crippen molar-refractivity contribution in [1.82, 2.24) is 4.98 Å². The van der Waals surface area contributed by atoms with E-state index in [0.29, 0.717) is 0 Å². The number of thiophene rings is 2. The SMILES string of the molecule is CCCCCCc1ccc(-c2cc3cc(-c4ccc(-c5ccc(C6OCC(C)(C)CO6)s5)s4)ccc3[nH]2)cc1. The summed E-state index contributed by atoms with van der Waals surface area (Å²) < 4.78 is 12.0. The largest absolute Gasteiger partial charge is 0.355 e. The Labute approximate surface area is 239 Å². The molecule has 0 atom stereocenters. The lowest BCUT2D eigenvalue weighted by atomic mass is 9.96. The van der Waals surface area contributed by atoms with Gasteiger partial charge in [0.1, 0.15) is 0 Å². The molecule has 2 aromatic carbocycles. The van der Waals surface area contributed by atoms with Crippen LogP contribution < -0.4 is 0 Å². The van der Waals surface area contributed by atoms with Crippen molar-refractivity contribution in [2.45, 2.75) is 59.2 Å². The number of fused-ring (bicyclic) bond motifs is 1. The van der Waals surface area contributed by atoms with Crippen LogP contribution in [0.2, 0.25) is 0 Å². The number of rotatable bonds is 9. The highest BCUT2D eigenvalue weighted by Gasteiger charge is 2.30. The third-order valence-corrected chi connectivity index (χ3v) is 9.88. The zero-order valence-corrected chi connectivity index (χ0v) is 24.7. The quantitative estimate of drug-likeness (QED) is 0.184. The lowest BCUT2D eigenvalue weighted by molar-refractivity contribution is -0.224. The van der Waals surface area contributed by atoms with E-state index in [4.69, 9.17) is 9.47 Å².